The van der Waals surface area contributed by atoms with Gasteiger partial charge in [-0.15, -0.1) is 0 Å². The molecular weight excluding hydrogens is 849 g/mol. The first-order chi connectivity index (χ1) is 32.8. The van der Waals surface area contributed by atoms with Crippen molar-refractivity contribution < 1.29 is 37.9 Å². The molecule has 0 fully saturated rings. The highest BCUT2D eigenvalue weighted by Crippen LogP contribution is 2.34. The monoisotopic (exact) mass is 923 g/mol. The molecule has 67 heavy (non-hydrogen) atoms. The molecule has 5 aromatic rings. The summed E-state index contributed by atoms with van der Waals surface area (Å²) in [5.41, 5.74) is 5.39. The minimum absolute atomic E-state index is 0.121. The SMILES string of the molecule is CCC(CC(C)c1ccc(OCCOCN(COC)c2nc(N(COC)COC)nc(N(COC)COCCOc3ccc(C(C)CC(CC)c4ccccc4)cc3)n2)cc1)c1ccccc1. The maximum Gasteiger partial charge on any atom is 0.235 e. The molecule has 0 radical (unpaired) electrons. The van der Waals surface area contributed by atoms with E-state index in [1.54, 1.807) is 43.1 Å². The van der Waals surface area contributed by atoms with Crippen LogP contribution in [0.3, 0.4) is 0 Å². The molecule has 4 aromatic carbocycles. The van der Waals surface area contributed by atoms with Crippen molar-refractivity contribution in [1.82, 2.24) is 15.0 Å². The Morgan fingerprint density at radius 1 is 0.403 bits per heavy atom. The predicted octanol–water partition coefficient (Wildman–Crippen LogP) is 10.2. The summed E-state index contributed by atoms with van der Waals surface area (Å²) in [7, 11) is 6.40. The Kier molecular flexibility index (Phi) is 23.1. The number of rotatable bonds is 33. The average molecular weight is 923 g/mol. The summed E-state index contributed by atoms with van der Waals surface area (Å²) in [4.78, 5) is 19.7. The normalized spacial score (nSPS) is 13.1. The summed E-state index contributed by atoms with van der Waals surface area (Å²) in [5, 5.41) is 0. The second-order valence-electron chi connectivity index (χ2n) is 16.7. The fourth-order valence-electron chi connectivity index (χ4n) is 8.07. The highest BCUT2D eigenvalue weighted by Gasteiger charge is 2.22. The van der Waals surface area contributed by atoms with Gasteiger partial charge in [-0.3, -0.25) is 14.7 Å². The van der Waals surface area contributed by atoms with Gasteiger partial charge in [0.1, 0.15) is 65.1 Å². The lowest BCUT2D eigenvalue weighted by Gasteiger charge is -2.28. The van der Waals surface area contributed by atoms with E-state index in [9.17, 15) is 0 Å². The van der Waals surface area contributed by atoms with E-state index in [0.717, 1.165) is 37.2 Å². The number of hydrogen-bond donors (Lipinski definition) is 0. The van der Waals surface area contributed by atoms with Crippen molar-refractivity contribution in [3.63, 3.8) is 0 Å². The van der Waals surface area contributed by atoms with Gasteiger partial charge in [0.05, 0.1) is 13.2 Å². The molecule has 364 valence electrons. The zero-order chi connectivity index (χ0) is 47.6. The van der Waals surface area contributed by atoms with Crippen LogP contribution in [0.15, 0.2) is 109 Å². The fraction of sp³-hybridized carbons (Fsp3) is 0.491. The number of methoxy groups -OCH3 is 4. The van der Waals surface area contributed by atoms with E-state index in [4.69, 9.17) is 52.8 Å². The van der Waals surface area contributed by atoms with Gasteiger partial charge in [-0.2, -0.15) is 15.0 Å². The first-order valence-electron chi connectivity index (χ1n) is 23.5. The van der Waals surface area contributed by atoms with Gasteiger partial charge in [-0.1, -0.05) is 113 Å². The van der Waals surface area contributed by atoms with Crippen LogP contribution in [0.5, 0.6) is 11.5 Å². The zero-order valence-electron chi connectivity index (χ0n) is 41.1. The molecule has 5 rings (SSSR count). The largest absolute Gasteiger partial charge is 0.491 e. The number of aromatic nitrogens is 3. The van der Waals surface area contributed by atoms with Gasteiger partial charge in [0.15, 0.2) is 0 Å². The standard InChI is InChI=1S/C53H74N6O8/c1-9-43(47-17-13-11-14-18-47)33-41(3)45-21-25-49(26-22-45)66-31-29-64-39-58(37-62-7)52-54-51(57(35-60-5)36-61-6)55-53(56-52)59(38-63-8)40-65-30-32-67-50-27-23-46(24-28-50)42(4)34-44(10-2)48-19-15-12-16-20-48/h11-28,41-44H,9-10,29-40H2,1-8H3. The molecule has 14 heteroatoms. The minimum atomic E-state index is 0.121. The number of ether oxygens (including phenoxy) is 8. The van der Waals surface area contributed by atoms with Gasteiger partial charge in [0.25, 0.3) is 0 Å². The molecule has 0 aliphatic carbocycles. The number of anilines is 3. The smallest absolute Gasteiger partial charge is 0.235 e. The van der Waals surface area contributed by atoms with E-state index in [1.165, 1.54) is 22.3 Å². The molecule has 4 unspecified atom stereocenters. The maximum absolute atomic E-state index is 6.09. The molecule has 0 saturated carbocycles. The summed E-state index contributed by atoms with van der Waals surface area (Å²) in [6, 6.07) is 38.3. The van der Waals surface area contributed by atoms with E-state index in [-0.39, 0.29) is 40.4 Å². The Morgan fingerprint density at radius 3 is 1.04 bits per heavy atom. The van der Waals surface area contributed by atoms with E-state index in [0.29, 0.717) is 67.9 Å². The Bertz CT molecular complexity index is 1930. The third-order valence-electron chi connectivity index (χ3n) is 11.8. The van der Waals surface area contributed by atoms with Crippen LogP contribution in [0.1, 0.15) is 99.3 Å². The molecule has 0 N–H and O–H groups in total. The molecule has 0 amide bonds. The van der Waals surface area contributed by atoms with Crippen LogP contribution in [0.25, 0.3) is 0 Å². The first-order valence-corrected chi connectivity index (χ1v) is 23.5. The van der Waals surface area contributed by atoms with Gasteiger partial charge in [0.2, 0.25) is 17.8 Å². The Balaban J connectivity index is 1.15. The highest BCUT2D eigenvalue weighted by atomic mass is 16.5. The van der Waals surface area contributed by atoms with Gasteiger partial charge < -0.3 is 37.9 Å². The minimum Gasteiger partial charge on any atom is -0.491 e. The number of benzene rings is 4. The molecule has 1 heterocycles. The van der Waals surface area contributed by atoms with E-state index in [1.807, 2.05) is 24.3 Å². The summed E-state index contributed by atoms with van der Waals surface area (Å²) >= 11 is 0. The maximum atomic E-state index is 6.09. The molecule has 14 nitrogen and oxygen atoms in total. The van der Waals surface area contributed by atoms with Crippen molar-refractivity contribution in [1.29, 1.82) is 0 Å². The quantitative estimate of drug-likeness (QED) is 0.0293. The predicted molar refractivity (Wildman–Crippen MR) is 265 cm³/mol. The summed E-state index contributed by atoms with van der Waals surface area (Å²) in [5.74, 6) is 4.42. The van der Waals surface area contributed by atoms with Crippen LogP contribution in [0.4, 0.5) is 17.8 Å². The highest BCUT2D eigenvalue weighted by molar-refractivity contribution is 5.46. The van der Waals surface area contributed by atoms with Crippen molar-refractivity contribution in [2.24, 2.45) is 0 Å². The molecule has 0 spiro atoms. The molecule has 0 bridgehead atoms. The number of nitrogens with zero attached hydrogens (tertiary/aromatic N) is 6. The van der Waals surface area contributed by atoms with Crippen molar-refractivity contribution >= 4 is 17.8 Å². The lowest BCUT2D eigenvalue weighted by Crippen LogP contribution is -2.36. The van der Waals surface area contributed by atoms with Crippen LogP contribution in [-0.4, -0.2) is 110 Å². The fourth-order valence-corrected chi connectivity index (χ4v) is 8.07. The second kappa shape index (κ2) is 29.4. The van der Waals surface area contributed by atoms with Gasteiger partial charge >= 0.3 is 0 Å². The van der Waals surface area contributed by atoms with E-state index >= 15 is 0 Å². The van der Waals surface area contributed by atoms with Crippen molar-refractivity contribution in [3.8, 4) is 11.5 Å². The second-order valence-corrected chi connectivity index (χ2v) is 16.7. The van der Waals surface area contributed by atoms with Gasteiger partial charge in [0, 0.05) is 28.4 Å². The summed E-state index contributed by atoms with van der Waals surface area (Å²) in [6.07, 6.45) is 4.40. The van der Waals surface area contributed by atoms with Crippen molar-refractivity contribution in [3.05, 3.63) is 131 Å². The third kappa shape index (κ3) is 17.0. The van der Waals surface area contributed by atoms with Crippen LogP contribution >= 0.6 is 0 Å². The van der Waals surface area contributed by atoms with Crippen molar-refractivity contribution in [2.45, 2.75) is 77.0 Å². The van der Waals surface area contributed by atoms with Crippen molar-refractivity contribution in [2.75, 3.05) is 110 Å². The van der Waals surface area contributed by atoms with E-state index < -0.39 is 0 Å². The number of hydrogen-bond acceptors (Lipinski definition) is 14. The summed E-state index contributed by atoms with van der Waals surface area (Å²) < 4.78 is 46.4. The van der Waals surface area contributed by atoms with Gasteiger partial charge in [-0.25, -0.2) is 0 Å². The average Bonchev–Trinajstić information content (AvgIpc) is 3.36. The molecule has 0 aliphatic rings. The van der Waals surface area contributed by atoms with Crippen LogP contribution < -0.4 is 24.2 Å². The zero-order valence-corrected chi connectivity index (χ0v) is 41.1. The van der Waals surface area contributed by atoms with E-state index in [2.05, 4.69) is 113 Å². The first kappa shape index (κ1) is 52.6. The van der Waals surface area contributed by atoms with Crippen LogP contribution in [0.2, 0.25) is 0 Å². The van der Waals surface area contributed by atoms with Crippen LogP contribution in [-0.2, 0) is 28.4 Å². The lowest BCUT2D eigenvalue weighted by molar-refractivity contribution is 0.0796. The van der Waals surface area contributed by atoms with Crippen LogP contribution in [0, 0.1) is 0 Å². The lowest BCUT2D eigenvalue weighted by atomic mass is 9.85. The third-order valence-corrected chi connectivity index (χ3v) is 11.8. The Morgan fingerprint density at radius 2 is 0.731 bits per heavy atom. The molecule has 0 aliphatic heterocycles. The Hall–Kier alpha value is -5.35. The molecular formula is C53H74N6O8. The molecule has 0 saturated heterocycles. The van der Waals surface area contributed by atoms with Gasteiger partial charge in [-0.05, 0) is 95.9 Å². The topological polar surface area (TPSA) is 122 Å². The molecule has 1 aromatic heterocycles. The summed E-state index contributed by atoms with van der Waals surface area (Å²) in [6.45, 7) is 11.3. The Labute approximate surface area is 399 Å². The molecule has 4 atom stereocenters.